The smallest absolute Gasteiger partial charge is 0.315 e. The van der Waals surface area contributed by atoms with Gasteiger partial charge in [0.2, 0.25) is 0 Å². The summed E-state index contributed by atoms with van der Waals surface area (Å²) >= 11 is 0. The minimum Gasteiger partial charge on any atom is -0.491 e. The fourth-order valence-corrected chi connectivity index (χ4v) is 3.77. The zero-order valence-corrected chi connectivity index (χ0v) is 17.7. The van der Waals surface area contributed by atoms with Crippen LogP contribution < -0.4 is 15.4 Å². The maximum atomic E-state index is 12.2. The normalized spacial score (nSPS) is 14.3. The van der Waals surface area contributed by atoms with Crippen molar-refractivity contribution in [3.63, 3.8) is 0 Å². The van der Waals surface area contributed by atoms with Crippen LogP contribution in [0, 0.1) is 0 Å². The number of ether oxygens (including phenoxy) is 2. The SMILES string of the molecule is O=C(NCCOc1cccc2ccccc12)NCc1ccccc1CN1CCOCC1. The number of nitrogens with zero attached hydrogens (tertiary/aromatic N) is 1. The Hall–Kier alpha value is -3.09. The molecule has 0 aromatic heterocycles. The number of carbonyl (C=O) groups is 1. The van der Waals surface area contributed by atoms with Crippen LogP contribution in [0.1, 0.15) is 11.1 Å². The first-order valence-corrected chi connectivity index (χ1v) is 10.8. The lowest BCUT2D eigenvalue weighted by molar-refractivity contribution is 0.0341. The Morgan fingerprint density at radius 1 is 0.903 bits per heavy atom. The Morgan fingerprint density at radius 2 is 1.65 bits per heavy atom. The van der Waals surface area contributed by atoms with Crippen molar-refractivity contribution in [1.29, 1.82) is 0 Å². The van der Waals surface area contributed by atoms with Gasteiger partial charge >= 0.3 is 6.03 Å². The highest BCUT2D eigenvalue weighted by Gasteiger charge is 2.13. The predicted molar refractivity (Wildman–Crippen MR) is 122 cm³/mol. The molecular weight excluding hydrogens is 390 g/mol. The summed E-state index contributed by atoms with van der Waals surface area (Å²) < 4.78 is 11.3. The topological polar surface area (TPSA) is 62.8 Å². The Labute approximate surface area is 183 Å². The second kappa shape index (κ2) is 10.8. The lowest BCUT2D eigenvalue weighted by Crippen LogP contribution is -2.38. The Bertz CT molecular complexity index is 997. The molecule has 0 radical (unpaired) electrons. The van der Waals surface area contributed by atoms with Crippen molar-refractivity contribution in [3.8, 4) is 5.75 Å². The number of fused-ring (bicyclic) bond motifs is 1. The highest BCUT2D eigenvalue weighted by Crippen LogP contribution is 2.24. The molecule has 1 fully saturated rings. The molecular formula is C25H29N3O3. The molecule has 3 aromatic carbocycles. The average Bonchev–Trinajstić information content (AvgIpc) is 2.82. The first kappa shape index (κ1) is 21.2. The van der Waals surface area contributed by atoms with Crippen LogP contribution in [-0.4, -0.2) is 50.4 Å². The van der Waals surface area contributed by atoms with E-state index in [1.807, 2.05) is 42.5 Å². The van der Waals surface area contributed by atoms with E-state index in [4.69, 9.17) is 9.47 Å². The summed E-state index contributed by atoms with van der Waals surface area (Å²) in [4.78, 5) is 14.6. The average molecular weight is 420 g/mol. The molecule has 0 aliphatic carbocycles. The summed E-state index contributed by atoms with van der Waals surface area (Å²) in [5.41, 5.74) is 2.38. The van der Waals surface area contributed by atoms with Crippen LogP contribution in [0.2, 0.25) is 0 Å². The molecule has 0 atom stereocenters. The van der Waals surface area contributed by atoms with Crippen molar-refractivity contribution >= 4 is 16.8 Å². The molecule has 4 rings (SSSR count). The molecule has 2 N–H and O–H groups in total. The fourth-order valence-electron chi connectivity index (χ4n) is 3.77. The van der Waals surface area contributed by atoms with Crippen LogP contribution in [0.25, 0.3) is 10.8 Å². The van der Waals surface area contributed by atoms with Gasteiger partial charge in [-0.2, -0.15) is 0 Å². The van der Waals surface area contributed by atoms with E-state index >= 15 is 0 Å². The quantitative estimate of drug-likeness (QED) is 0.548. The minimum atomic E-state index is -0.192. The maximum absolute atomic E-state index is 12.2. The highest BCUT2D eigenvalue weighted by molar-refractivity contribution is 5.88. The van der Waals surface area contributed by atoms with Gasteiger partial charge in [-0.05, 0) is 22.6 Å². The number of rotatable bonds is 8. The van der Waals surface area contributed by atoms with Gasteiger partial charge < -0.3 is 20.1 Å². The van der Waals surface area contributed by atoms with Crippen LogP contribution in [0.5, 0.6) is 5.75 Å². The van der Waals surface area contributed by atoms with Crippen molar-refractivity contribution in [1.82, 2.24) is 15.5 Å². The van der Waals surface area contributed by atoms with Gasteiger partial charge in [0.25, 0.3) is 0 Å². The number of nitrogens with one attached hydrogen (secondary N) is 2. The third kappa shape index (κ3) is 5.96. The molecule has 1 saturated heterocycles. The standard InChI is InChI=1S/C25H29N3O3/c29-25(26-12-15-31-24-11-5-9-20-6-3-4-10-23(20)24)27-18-21-7-1-2-8-22(21)19-28-13-16-30-17-14-28/h1-11H,12-19H2,(H2,26,27,29). The molecule has 6 heteroatoms. The summed E-state index contributed by atoms with van der Waals surface area (Å²) in [6.07, 6.45) is 0. The molecule has 0 unspecified atom stereocenters. The zero-order valence-electron chi connectivity index (χ0n) is 17.7. The molecule has 162 valence electrons. The second-order valence-electron chi connectivity index (χ2n) is 7.59. The number of benzene rings is 3. The number of hydrogen-bond donors (Lipinski definition) is 2. The number of morpholine rings is 1. The maximum Gasteiger partial charge on any atom is 0.315 e. The Morgan fingerprint density at radius 3 is 2.52 bits per heavy atom. The van der Waals surface area contributed by atoms with Gasteiger partial charge in [-0.25, -0.2) is 4.79 Å². The van der Waals surface area contributed by atoms with E-state index in [1.54, 1.807) is 0 Å². The van der Waals surface area contributed by atoms with Crippen molar-refractivity contribution in [2.24, 2.45) is 0 Å². The molecule has 6 nitrogen and oxygen atoms in total. The van der Waals surface area contributed by atoms with Gasteiger partial charge in [0.05, 0.1) is 19.8 Å². The van der Waals surface area contributed by atoms with Gasteiger partial charge in [-0.15, -0.1) is 0 Å². The van der Waals surface area contributed by atoms with Crippen LogP contribution in [0.3, 0.4) is 0 Å². The molecule has 0 spiro atoms. The molecule has 3 aromatic rings. The first-order valence-electron chi connectivity index (χ1n) is 10.8. The van der Waals surface area contributed by atoms with E-state index in [9.17, 15) is 4.79 Å². The monoisotopic (exact) mass is 419 g/mol. The van der Waals surface area contributed by atoms with Crippen molar-refractivity contribution in [2.75, 3.05) is 39.5 Å². The van der Waals surface area contributed by atoms with Crippen LogP contribution >= 0.6 is 0 Å². The Balaban J connectivity index is 1.22. The lowest BCUT2D eigenvalue weighted by atomic mass is 10.1. The molecule has 0 saturated carbocycles. The highest BCUT2D eigenvalue weighted by atomic mass is 16.5. The van der Waals surface area contributed by atoms with Crippen molar-refractivity contribution < 1.29 is 14.3 Å². The van der Waals surface area contributed by atoms with E-state index in [-0.39, 0.29) is 6.03 Å². The zero-order chi connectivity index (χ0) is 21.3. The van der Waals surface area contributed by atoms with Crippen molar-refractivity contribution in [2.45, 2.75) is 13.1 Å². The Kier molecular flexibility index (Phi) is 7.37. The van der Waals surface area contributed by atoms with Crippen LogP contribution in [0.15, 0.2) is 66.7 Å². The molecule has 31 heavy (non-hydrogen) atoms. The fraction of sp³-hybridized carbons (Fsp3) is 0.320. The summed E-state index contributed by atoms with van der Waals surface area (Å²) in [6, 6.07) is 22.2. The summed E-state index contributed by atoms with van der Waals surface area (Å²) in [5, 5.41) is 8.04. The third-order valence-electron chi connectivity index (χ3n) is 5.45. The molecule has 1 heterocycles. The van der Waals surface area contributed by atoms with Gasteiger partial charge in [-0.3, -0.25) is 4.90 Å². The number of carbonyl (C=O) groups excluding carboxylic acids is 1. The van der Waals surface area contributed by atoms with E-state index in [0.717, 1.165) is 54.9 Å². The third-order valence-corrected chi connectivity index (χ3v) is 5.45. The van der Waals surface area contributed by atoms with Gasteiger partial charge in [-0.1, -0.05) is 60.7 Å². The lowest BCUT2D eigenvalue weighted by Gasteiger charge is -2.27. The molecule has 2 amide bonds. The largest absolute Gasteiger partial charge is 0.491 e. The number of hydrogen-bond acceptors (Lipinski definition) is 4. The molecule has 1 aliphatic rings. The first-order chi connectivity index (χ1) is 15.3. The number of urea groups is 1. The molecule has 1 aliphatic heterocycles. The van der Waals surface area contributed by atoms with Crippen LogP contribution in [0.4, 0.5) is 4.79 Å². The minimum absolute atomic E-state index is 0.192. The number of amides is 2. The molecule has 0 bridgehead atoms. The summed E-state index contributed by atoms with van der Waals surface area (Å²) in [7, 11) is 0. The summed E-state index contributed by atoms with van der Waals surface area (Å²) in [6.45, 7) is 5.67. The van der Waals surface area contributed by atoms with E-state index in [2.05, 4.69) is 39.8 Å². The predicted octanol–water partition coefficient (Wildman–Crippen LogP) is 3.55. The van der Waals surface area contributed by atoms with Crippen LogP contribution in [-0.2, 0) is 17.8 Å². The van der Waals surface area contributed by atoms with E-state index < -0.39 is 0 Å². The van der Waals surface area contributed by atoms with Gasteiger partial charge in [0.15, 0.2) is 0 Å². The van der Waals surface area contributed by atoms with Gasteiger partial charge in [0, 0.05) is 31.6 Å². The van der Waals surface area contributed by atoms with Crippen molar-refractivity contribution in [3.05, 3.63) is 77.9 Å². The van der Waals surface area contributed by atoms with Gasteiger partial charge in [0.1, 0.15) is 12.4 Å². The van der Waals surface area contributed by atoms with E-state index in [1.165, 1.54) is 5.56 Å². The second-order valence-corrected chi connectivity index (χ2v) is 7.59. The van der Waals surface area contributed by atoms with E-state index in [0.29, 0.717) is 19.7 Å². The summed E-state index contributed by atoms with van der Waals surface area (Å²) in [5.74, 6) is 0.831.